The molecule has 3 rings (SSSR count). The number of benzene rings is 3. The van der Waals surface area contributed by atoms with Gasteiger partial charge in [-0.15, -0.1) is 0 Å². The highest BCUT2D eigenvalue weighted by molar-refractivity contribution is 7.92. The molecule has 150 valence electrons. The van der Waals surface area contributed by atoms with E-state index in [0.717, 1.165) is 11.1 Å². The van der Waals surface area contributed by atoms with Crippen molar-refractivity contribution in [3.63, 3.8) is 0 Å². The summed E-state index contributed by atoms with van der Waals surface area (Å²) in [6.45, 7) is 3.83. The van der Waals surface area contributed by atoms with Gasteiger partial charge >= 0.3 is 0 Å². The van der Waals surface area contributed by atoms with E-state index >= 15 is 0 Å². The number of rotatable bonds is 6. The van der Waals surface area contributed by atoms with Gasteiger partial charge in [0.2, 0.25) is 0 Å². The topological polar surface area (TPSA) is 84.5 Å². The molecule has 0 aliphatic heterocycles. The van der Waals surface area contributed by atoms with Crippen molar-refractivity contribution < 1.29 is 17.9 Å². The van der Waals surface area contributed by atoms with Gasteiger partial charge < -0.3 is 10.1 Å². The Hall–Kier alpha value is -3.32. The highest BCUT2D eigenvalue weighted by Gasteiger charge is 2.19. The van der Waals surface area contributed by atoms with E-state index in [0.29, 0.717) is 11.4 Å². The molecule has 7 heteroatoms. The van der Waals surface area contributed by atoms with Crippen LogP contribution in [0.25, 0.3) is 0 Å². The molecule has 0 aliphatic rings. The van der Waals surface area contributed by atoms with E-state index in [9.17, 15) is 13.2 Å². The van der Waals surface area contributed by atoms with E-state index < -0.39 is 15.9 Å². The molecule has 3 aromatic rings. The smallest absolute Gasteiger partial charge is 0.261 e. The molecule has 29 heavy (non-hydrogen) atoms. The summed E-state index contributed by atoms with van der Waals surface area (Å²) in [5, 5.41) is 2.86. The zero-order chi connectivity index (χ0) is 21.0. The summed E-state index contributed by atoms with van der Waals surface area (Å²) in [5.41, 5.74) is 3.04. The van der Waals surface area contributed by atoms with Crippen LogP contribution in [0.2, 0.25) is 0 Å². The standard InChI is InChI=1S/C22H22N2O4S/c1-15-8-9-16(2)21(14-15)23-22(25)19-6-4-5-7-20(19)24-29(26,27)18-12-10-17(28-3)11-13-18/h4-14,24H,1-3H3,(H,23,25). The van der Waals surface area contributed by atoms with Crippen molar-refractivity contribution in [2.24, 2.45) is 0 Å². The molecule has 0 unspecified atom stereocenters. The first-order valence-corrected chi connectivity index (χ1v) is 10.4. The Labute approximate surface area is 170 Å². The lowest BCUT2D eigenvalue weighted by Crippen LogP contribution is -2.19. The maximum Gasteiger partial charge on any atom is 0.261 e. The maximum atomic E-state index is 12.8. The Morgan fingerprint density at radius 1 is 0.897 bits per heavy atom. The summed E-state index contributed by atoms with van der Waals surface area (Å²) >= 11 is 0. The average molecular weight is 410 g/mol. The van der Waals surface area contributed by atoms with Crippen molar-refractivity contribution in [3.8, 4) is 5.75 Å². The third-order valence-electron chi connectivity index (χ3n) is 4.43. The minimum absolute atomic E-state index is 0.0723. The van der Waals surface area contributed by atoms with Crippen LogP contribution in [0.4, 0.5) is 11.4 Å². The average Bonchev–Trinajstić information content (AvgIpc) is 2.71. The van der Waals surface area contributed by atoms with Gasteiger partial charge in [0.15, 0.2) is 0 Å². The molecule has 0 fully saturated rings. The van der Waals surface area contributed by atoms with Gasteiger partial charge in [-0.2, -0.15) is 0 Å². The van der Waals surface area contributed by atoms with Crippen LogP contribution in [0.5, 0.6) is 5.75 Å². The number of nitrogens with one attached hydrogen (secondary N) is 2. The van der Waals surface area contributed by atoms with E-state index in [1.165, 1.54) is 19.2 Å². The van der Waals surface area contributed by atoms with Gasteiger partial charge in [0.25, 0.3) is 15.9 Å². The first-order chi connectivity index (χ1) is 13.8. The van der Waals surface area contributed by atoms with Crippen LogP contribution in [-0.4, -0.2) is 21.4 Å². The number of methoxy groups -OCH3 is 1. The molecule has 0 atom stereocenters. The van der Waals surface area contributed by atoms with Crippen molar-refractivity contribution in [1.82, 2.24) is 0 Å². The SMILES string of the molecule is COc1ccc(S(=O)(=O)Nc2ccccc2C(=O)Nc2cc(C)ccc2C)cc1. The fourth-order valence-corrected chi connectivity index (χ4v) is 3.87. The Morgan fingerprint density at radius 3 is 2.28 bits per heavy atom. The number of aryl methyl sites for hydroxylation is 2. The van der Waals surface area contributed by atoms with Gasteiger partial charge in [-0.1, -0.05) is 24.3 Å². The third-order valence-corrected chi connectivity index (χ3v) is 5.81. The number of carbonyl (C=O) groups is 1. The predicted molar refractivity (Wildman–Crippen MR) is 114 cm³/mol. The van der Waals surface area contributed by atoms with Crippen molar-refractivity contribution in [3.05, 3.63) is 83.4 Å². The summed E-state index contributed by atoms with van der Waals surface area (Å²) < 4.78 is 33.1. The number of para-hydroxylation sites is 1. The quantitative estimate of drug-likeness (QED) is 0.632. The molecule has 6 nitrogen and oxygen atoms in total. The number of ether oxygens (including phenoxy) is 1. The Morgan fingerprint density at radius 2 is 1.59 bits per heavy atom. The number of amides is 1. The van der Waals surface area contributed by atoms with Gasteiger partial charge in [0.05, 0.1) is 23.3 Å². The normalized spacial score (nSPS) is 11.0. The minimum Gasteiger partial charge on any atom is -0.497 e. The molecule has 2 N–H and O–H groups in total. The van der Waals surface area contributed by atoms with Gasteiger partial charge in [-0.3, -0.25) is 9.52 Å². The van der Waals surface area contributed by atoms with Crippen molar-refractivity contribution in [1.29, 1.82) is 0 Å². The molecule has 1 amide bonds. The molecule has 0 aromatic heterocycles. The molecule has 0 heterocycles. The van der Waals surface area contributed by atoms with Gasteiger partial charge in [-0.25, -0.2) is 8.42 Å². The second kappa shape index (κ2) is 8.36. The molecule has 3 aromatic carbocycles. The van der Waals surface area contributed by atoms with E-state index in [4.69, 9.17) is 4.74 Å². The summed E-state index contributed by atoms with van der Waals surface area (Å²) in [6, 6.07) is 18.2. The van der Waals surface area contributed by atoms with Gasteiger partial charge in [0.1, 0.15) is 5.75 Å². The zero-order valence-corrected chi connectivity index (χ0v) is 17.2. The molecule has 0 saturated carbocycles. The lowest BCUT2D eigenvalue weighted by Gasteiger charge is -2.14. The van der Waals surface area contributed by atoms with Crippen LogP contribution < -0.4 is 14.8 Å². The van der Waals surface area contributed by atoms with Crippen LogP contribution in [0.15, 0.2) is 71.6 Å². The monoisotopic (exact) mass is 410 g/mol. The second-order valence-electron chi connectivity index (χ2n) is 6.60. The highest BCUT2D eigenvalue weighted by atomic mass is 32.2. The lowest BCUT2D eigenvalue weighted by molar-refractivity contribution is 0.102. The minimum atomic E-state index is -3.87. The number of carbonyl (C=O) groups excluding carboxylic acids is 1. The summed E-state index contributed by atoms with van der Waals surface area (Å²) in [4.78, 5) is 12.9. The Kier molecular flexibility index (Phi) is 5.89. The maximum absolute atomic E-state index is 12.8. The molecule has 0 aliphatic carbocycles. The molecular formula is C22H22N2O4S. The fourth-order valence-electron chi connectivity index (χ4n) is 2.79. The summed E-state index contributed by atoms with van der Waals surface area (Å²) in [6.07, 6.45) is 0. The lowest BCUT2D eigenvalue weighted by atomic mass is 10.1. The molecule has 0 saturated heterocycles. The fraction of sp³-hybridized carbons (Fsp3) is 0.136. The first kappa shape index (κ1) is 20.4. The third kappa shape index (κ3) is 4.75. The highest BCUT2D eigenvalue weighted by Crippen LogP contribution is 2.24. The largest absolute Gasteiger partial charge is 0.497 e. The molecule has 0 bridgehead atoms. The number of sulfonamides is 1. The van der Waals surface area contributed by atoms with Crippen molar-refractivity contribution in [2.45, 2.75) is 18.7 Å². The Bertz CT molecular complexity index is 1140. The van der Waals surface area contributed by atoms with Crippen LogP contribution in [0.1, 0.15) is 21.5 Å². The second-order valence-corrected chi connectivity index (χ2v) is 8.28. The van der Waals surface area contributed by atoms with Crippen LogP contribution in [0, 0.1) is 13.8 Å². The van der Waals surface area contributed by atoms with Crippen LogP contribution in [0.3, 0.4) is 0 Å². The number of anilines is 2. The van der Waals surface area contributed by atoms with E-state index in [2.05, 4.69) is 10.0 Å². The van der Waals surface area contributed by atoms with Gasteiger partial charge in [0, 0.05) is 5.69 Å². The molecule has 0 spiro atoms. The Balaban J connectivity index is 1.88. The molecule has 0 radical (unpaired) electrons. The molecular weight excluding hydrogens is 388 g/mol. The summed E-state index contributed by atoms with van der Waals surface area (Å²) in [5.74, 6) is 0.156. The van der Waals surface area contributed by atoms with E-state index in [1.54, 1.807) is 36.4 Å². The van der Waals surface area contributed by atoms with E-state index in [1.807, 2.05) is 32.0 Å². The van der Waals surface area contributed by atoms with Crippen LogP contribution in [-0.2, 0) is 10.0 Å². The zero-order valence-electron chi connectivity index (χ0n) is 16.4. The van der Waals surface area contributed by atoms with Crippen molar-refractivity contribution in [2.75, 3.05) is 17.1 Å². The number of hydrogen-bond acceptors (Lipinski definition) is 4. The van der Waals surface area contributed by atoms with Crippen molar-refractivity contribution >= 4 is 27.3 Å². The predicted octanol–water partition coefficient (Wildman–Crippen LogP) is 4.37. The van der Waals surface area contributed by atoms with Gasteiger partial charge in [-0.05, 0) is 67.4 Å². The summed E-state index contributed by atoms with van der Waals surface area (Å²) in [7, 11) is -2.36. The number of hydrogen-bond donors (Lipinski definition) is 2. The van der Waals surface area contributed by atoms with E-state index in [-0.39, 0.29) is 16.1 Å². The first-order valence-electron chi connectivity index (χ1n) is 8.94. The van der Waals surface area contributed by atoms with Crippen LogP contribution >= 0.6 is 0 Å².